The molecule has 2 aromatic rings. The third-order valence-electron chi connectivity index (χ3n) is 10.3. The quantitative estimate of drug-likeness (QED) is 0.242. The molecular weight excluding hydrogens is 624 g/mol. The Kier molecular flexibility index (Phi) is 9.26. The lowest BCUT2D eigenvalue weighted by Crippen LogP contribution is -2.50. The standard InChI is InChI=1S/C36H47ClN2O6S/c1-35(2,3)45-34(40)25-8-12-32-31(19-25)39(21-36(22-44-32)14-5-6-24-18-28(37)9-11-30(24)36)20-26-7-10-29(26)33(43-4)27-16-23(17-27)13-15-46(38,41)42/h8-9,11-12,16,18-19,23,26,29,33H,5-7,10,13-15,17,20-22H2,1-4H3,(H2,38,41,42)/t23?,26-,29+,33+,36-/m0/s1. The molecule has 1 fully saturated rings. The van der Waals surface area contributed by atoms with E-state index in [-0.39, 0.29) is 29.2 Å². The van der Waals surface area contributed by atoms with E-state index in [1.54, 1.807) is 13.2 Å². The third kappa shape index (κ3) is 7.13. The number of nitrogens with two attached hydrogens (primary N) is 1. The van der Waals surface area contributed by atoms with Crippen molar-refractivity contribution in [3.63, 3.8) is 0 Å². The molecule has 2 aromatic carbocycles. The Morgan fingerprint density at radius 1 is 1.20 bits per heavy atom. The molecule has 1 saturated carbocycles. The van der Waals surface area contributed by atoms with E-state index in [2.05, 4.69) is 23.1 Å². The highest BCUT2D eigenvalue weighted by atomic mass is 35.5. The first-order chi connectivity index (χ1) is 21.7. The topological polar surface area (TPSA) is 108 Å². The summed E-state index contributed by atoms with van der Waals surface area (Å²) in [4.78, 5) is 15.6. The molecule has 46 heavy (non-hydrogen) atoms. The van der Waals surface area contributed by atoms with E-state index in [4.69, 9.17) is 31.0 Å². The number of fused-ring (bicyclic) bond motifs is 3. The highest BCUT2D eigenvalue weighted by molar-refractivity contribution is 7.89. The number of halogens is 1. The van der Waals surface area contributed by atoms with Crippen molar-refractivity contribution >= 4 is 33.3 Å². The molecule has 0 radical (unpaired) electrons. The van der Waals surface area contributed by atoms with Gasteiger partial charge in [0.25, 0.3) is 0 Å². The van der Waals surface area contributed by atoms with Gasteiger partial charge in [-0.3, -0.25) is 0 Å². The maximum atomic E-state index is 13.2. The van der Waals surface area contributed by atoms with Gasteiger partial charge in [0, 0.05) is 30.6 Å². The van der Waals surface area contributed by atoms with Crippen LogP contribution >= 0.6 is 11.6 Å². The van der Waals surface area contributed by atoms with Gasteiger partial charge < -0.3 is 19.1 Å². The highest BCUT2D eigenvalue weighted by Crippen LogP contribution is 2.48. The fourth-order valence-corrected chi connectivity index (χ4v) is 8.79. The lowest BCUT2D eigenvalue weighted by Gasteiger charge is -2.48. The number of primary sulfonamides is 1. The molecule has 8 nitrogen and oxygen atoms in total. The molecule has 0 amide bonds. The van der Waals surface area contributed by atoms with Crippen LogP contribution in [0, 0.1) is 17.8 Å². The number of anilines is 1. The van der Waals surface area contributed by atoms with Crippen molar-refractivity contribution in [2.75, 3.05) is 37.5 Å². The predicted octanol–water partition coefficient (Wildman–Crippen LogP) is 6.43. The van der Waals surface area contributed by atoms with Gasteiger partial charge in [0.05, 0.1) is 29.7 Å². The van der Waals surface area contributed by atoms with Crippen molar-refractivity contribution in [1.29, 1.82) is 0 Å². The lowest BCUT2D eigenvalue weighted by molar-refractivity contribution is 0.000512. The van der Waals surface area contributed by atoms with Gasteiger partial charge in [0.1, 0.15) is 11.4 Å². The van der Waals surface area contributed by atoms with Gasteiger partial charge in [-0.25, -0.2) is 18.4 Å². The summed E-state index contributed by atoms with van der Waals surface area (Å²) in [5.74, 6) is 1.40. The first-order valence-corrected chi connectivity index (χ1v) is 18.6. The van der Waals surface area contributed by atoms with E-state index in [0.717, 1.165) is 68.1 Å². The van der Waals surface area contributed by atoms with Crippen molar-refractivity contribution in [1.82, 2.24) is 0 Å². The van der Waals surface area contributed by atoms with Gasteiger partial charge >= 0.3 is 5.97 Å². The number of carbonyl (C=O) groups excluding carboxylic acids is 1. The van der Waals surface area contributed by atoms with Gasteiger partial charge in [-0.15, -0.1) is 0 Å². The van der Waals surface area contributed by atoms with Crippen molar-refractivity contribution in [2.45, 2.75) is 82.8 Å². The van der Waals surface area contributed by atoms with Crippen LogP contribution < -0.4 is 14.8 Å². The molecule has 1 spiro atoms. The highest BCUT2D eigenvalue weighted by Gasteiger charge is 2.46. The fourth-order valence-electron chi connectivity index (χ4n) is 7.97. The molecular formula is C36H47ClN2O6S. The van der Waals surface area contributed by atoms with Gasteiger partial charge in [0.15, 0.2) is 0 Å². The minimum Gasteiger partial charge on any atom is -0.490 e. The average Bonchev–Trinajstić information content (AvgIpc) is 3.09. The van der Waals surface area contributed by atoms with Crippen LogP contribution in [-0.2, 0) is 31.3 Å². The number of hydrogen-bond acceptors (Lipinski definition) is 7. The van der Waals surface area contributed by atoms with Crippen molar-refractivity contribution in [2.24, 2.45) is 22.9 Å². The summed E-state index contributed by atoms with van der Waals surface area (Å²) < 4.78 is 41.4. The van der Waals surface area contributed by atoms with E-state index in [0.29, 0.717) is 30.4 Å². The Morgan fingerprint density at radius 2 is 1.98 bits per heavy atom. The SMILES string of the molecule is CO[C@H](C1=CC(CCS(N)(=O)=O)C1)[C@@H]1CC[C@H]1CN1C[C@@]2(CCCc3cc(Cl)ccc32)COc2ccc(C(=O)OC(C)(C)C)cc21. The van der Waals surface area contributed by atoms with Gasteiger partial charge in [-0.2, -0.15) is 0 Å². The fraction of sp³-hybridized carbons (Fsp3) is 0.583. The first-order valence-electron chi connectivity index (χ1n) is 16.5. The minimum absolute atomic E-state index is 0.00393. The summed E-state index contributed by atoms with van der Waals surface area (Å²) >= 11 is 6.44. The van der Waals surface area contributed by atoms with Crippen LogP contribution in [0.5, 0.6) is 5.75 Å². The molecule has 10 heteroatoms. The smallest absolute Gasteiger partial charge is 0.338 e. The maximum Gasteiger partial charge on any atom is 0.338 e. The van der Waals surface area contributed by atoms with E-state index in [9.17, 15) is 13.2 Å². The molecule has 1 aliphatic heterocycles. The van der Waals surface area contributed by atoms with Gasteiger partial charge in [-0.1, -0.05) is 23.7 Å². The van der Waals surface area contributed by atoms with Crippen LogP contribution in [0.4, 0.5) is 5.69 Å². The molecule has 4 aliphatic rings. The Labute approximate surface area is 278 Å². The van der Waals surface area contributed by atoms with Crippen LogP contribution in [0.1, 0.15) is 80.8 Å². The molecule has 5 atom stereocenters. The molecule has 0 aromatic heterocycles. The van der Waals surface area contributed by atoms with Crippen LogP contribution in [0.3, 0.4) is 0 Å². The number of nitrogens with zero attached hydrogens (tertiary/aromatic N) is 1. The van der Waals surface area contributed by atoms with Crippen LogP contribution in [-0.4, -0.2) is 58.7 Å². The van der Waals surface area contributed by atoms with E-state index < -0.39 is 15.6 Å². The zero-order chi connectivity index (χ0) is 32.9. The number of benzene rings is 2. The number of methoxy groups -OCH3 is 1. The number of carbonyl (C=O) groups is 1. The Morgan fingerprint density at radius 3 is 2.65 bits per heavy atom. The second-order valence-electron chi connectivity index (χ2n) is 14.8. The second kappa shape index (κ2) is 12.8. The predicted molar refractivity (Wildman–Crippen MR) is 181 cm³/mol. The number of allylic oxidation sites excluding steroid dienone is 1. The molecule has 1 heterocycles. The number of hydrogen-bond donors (Lipinski definition) is 1. The number of rotatable bonds is 9. The van der Waals surface area contributed by atoms with E-state index in [1.165, 1.54) is 16.7 Å². The summed E-state index contributed by atoms with van der Waals surface area (Å²) in [7, 11) is -1.69. The second-order valence-corrected chi connectivity index (χ2v) is 17.0. The summed E-state index contributed by atoms with van der Waals surface area (Å²) in [5, 5.41) is 5.99. The molecule has 0 saturated heterocycles. The summed E-state index contributed by atoms with van der Waals surface area (Å²) in [6, 6.07) is 11.9. The molecule has 3 aliphatic carbocycles. The normalized spacial score (nSPS) is 26.4. The maximum absolute atomic E-state index is 13.2. The average molecular weight is 671 g/mol. The molecule has 1 unspecified atom stereocenters. The van der Waals surface area contributed by atoms with Crippen LogP contribution in [0.25, 0.3) is 0 Å². The Balaban J connectivity index is 1.29. The van der Waals surface area contributed by atoms with Gasteiger partial charge in [-0.05, 0) is 131 Å². The van der Waals surface area contributed by atoms with E-state index in [1.807, 2.05) is 39.0 Å². The molecule has 6 rings (SSSR count). The number of aryl methyl sites for hydroxylation is 1. The molecule has 250 valence electrons. The first kappa shape index (κ1) is 33.3. The van der Waals surface area contributed by atoms with Gasteiger partial charge in [0.2, 0.25) is 10.0 Å². The summed E-state index contributed by atoms with van der Waals surface area (Å²) in [5.41, 5.74) is 4.48. The number of sulfonamides is 1. The van der Waals surface area contributed by atoms with Crippen molar-refractivity contribution < 1.29 is 27.4 Å². The van der Waals surface area contributed by atoms with Crippen molar-refractivity contribution in [3.8, 4) is 5.75 Å². The minimum atomic E-state index is -3.46. The monoisotopic (exact) mass is 670 g/mol. The zero-order valence-corrected chi connectivity index (χ0v) is 29.0. The zero-order valence-electron chi connectivity index (χ0n) is 27.4. The van der Waals surface area contributed by atoms with Crippen LogP contribution in [0.15, 0.2) is 48.0 Å². The van der Waals surface area contributed by atoms with Crippen LogP contribution in [0.2, 0.25) is 5.02 Å². The Hall–Kier alpha value is -2.59. The third-order valence-corrected chi connectivity index (χ3v) is 11.4. The van der Waals surface area contributed by atoms with E-state index >= 15 is 0 Å². The number of esters is 1. The van der Waals surface area contributed by atoms with Crippen molar-refractivity contribution in [3.05, 3.63) is 69.8 Å². The number of ether oxygens (including phenoxy) is 3. The summed E-state index contributed by atoms with van der Waals surface area (Å²) in [6.07, 6.45) is 8.82. The lowest BCUT2D eigenvalue weighted by atomic mass is 9.65. The Bertz CT molecular complexity index is 1620. The summed E-state index contributed by atoms with van der Waals surface area (Å²) in [6.45, 7) is 7.77. The molecule has 2 N–H and O–H groups in total. The largest absolute Gasteiger partial charge is 0.490 e. The molecule has 0 bridgehead atoms.